The minimum atomic E-state index is 0.0517. The molecule has 0 radical (unpaired) electrons. The number of aromatic nitrogens is 2. The predicted octanol–water partition coefficient (Wildman–Crippen LogP) is 1.95. The Kier molecular flexibility index (Phi) is 3.61. The van der Waals surface area contributed by atoms with Crippen molar-refractivity contribution in [3.8, 4) is 0 Å². The minimum Gasteiger partial charge on any atom is -0.390 e. The zero-order valence-corrected chi connectivity index (χ0v) is 13.1. The fourth-order valence-corrected chi connectivity index (χ4v) is 4.52. The van der Waals surface area contributed by atoms with E-state index in [1.165, 1.54) is 25.7 Å². The summed E-state index contributed by atoms with van der Waals surface area (Å²) in [7, 11) is 0. The Hall–Kier alpha value is -1.11. The van der Waals surface area contributed by atoms with Crippen molar-refractivity contribution >= 4 is 22.1 Å². The molecule has 4 rings (SSSR count). The quantitative estimate of drug-likeness (QED) is 0.941. The highest BCUT2D eigenvalue weighted by Crippen LogP contribution is 2.28. The van der Waals surface area contributed by atoms with Crippen molar-refractivity contribution in [1.29, 1.82) is 0 Å². The van der Waals surface area contributed by atoms with E-state index in [0.717, 1.165) is 48.7 Å². The van der Waals surface area contributed by atoms with Gasteiger partial charge in [0, 0.05) is 43.8 Å². The average Bonchev–Trinajstić information content (AvgIpc) is 3.23. The molecular weight excluding hydrogens is 284 g/mol. The average molecular weight is 306 g/mol. The second kappa shape index (κ2) is 5.59. The molecule has 0 spiro atoms. The van der Waals surface area contributed by atoms with Crippen LogP contribution in [-0.2, 0) is 6.61 Å². The van der Waals surface area contributed by atoms with Crippen molar-refractivity contribution in [2.24, 2.45) is 0 Å². The first-order valence-corrected chi connectivity index (χ1v) is 8.79. The number of hydrogen-bond acceptors (Lipinski definition) is 5. The molecular formula is C15H22N4OS. The van der Waals surface area contributed by atoms with Crippen molar-refractivity contribution in [3.05, 3.63) is 17.3 Å². The molecule has 1 aliphatic carbocycles. The van der Waals surface area contributed by atoms with Gasteiger partial charge in [-0.1, -0.05) is 12.8 Å². The first kappa shape index (κ1) is 13.5. The zero-order valence-electron chi connectivity index (χ0n) is 12.2. The standard InChI is InChI=1S/C15H22N4OS/c20-11-13-14(16-15-19(13)9-10-21-15)18-7-5-17(6-8-18)12-3-1-2-4-12/h9-10,12,20H,1-8,11H2. The molecule has 1 aliphatic heterocycles. The van der Waals surface area contributed by atoms with E-state index in [9.17, 15) is 5.11 Å². The van der Waals surface area contributed by atoms with Gasteiger partial charge in [-0.15, -0.1) is 11.3 Å². The van der Waals surface area contributed by atoms with Crippen LogP contribution in [0.15, 0.2) is 11.6 Å². The molecule has 1 saturated heterocycles. The Labute approximate surface area is 128 Å². The Morgan fingerprint density at radius 3 is 2.67 bits per heavy atom. The van der Waals surface area contributed by atoms with Crippen molar-refractivity contribution in [3.63, 3.8) is 0 Å². The second-order valence-corrected chi connectivity index (χ2v) is 6.93. The number of fused-ring (bicyclic) bond motifs is 1. The van der Waals surface area contributed by atoms with Crippen LogP contribution in [0.1, 0.15) is 31.4 Å². The fraction of sp³-hybridized carbons (Fsp3) is 0.667. The maximum Gasteiger partial charge on any atom is 0.195 e. The van der Waals surface area contributed by atoms with Gasteiger partial charge < -0.3 is 10.0 Å². The minimum absolute atomic E-state index is 0.0517. The lowest BCUT2D eigenvalue weighted by Crippen LogP contribution is -2.50. The maximum absolute atomic E-state index is 9.69. The maximum atomic E-state index is 9.69. The Bertz CT molecular complexity index is 608. The van der Waals surface area contributed by atoms with Crippen LogP contribution in [0.3, 0.4) is 0 Å². The molecule has 6 heteroatoms. The summed E-state index contributed by atoms with van der Waals surface area (Å²) in [4.78, 5) is 10.7. The summed E-state index contributed by atoms with van der Waals surface area (Å²) < 4.78 is 2.02. The topological polar surface area (TPSA) is 44.0 Å². The largest absolute Gasteiger partial charge is 0.390 e. The van der Waals surface area contributed by atoms with E-state index in [2.05, 4.69) is 9.80 Å². The van der Waals surface area contributed by atoms with E-state index in [4.69, 9.17) is 4.98 Å². The highest BCUT2D eigenvalue weighted by molar-refractivity contribution is 7.15. The Balaban J connectivity index is 1.50. The number of aliphatic hydroxyl groups is 1. The van der Waals surface area contributed by atoms with Crippen LogP contribution >= 0.6 is 11.3 Å². The smallest absolute Gasteiger partial charge is 0.195 e. The van der Waals surface area contributed by atoms with Gasteiger partial charge in [-0.2, -0.15) is 0 Å². The summed E-state index contributed by atoms with van der Waals surface area (Å²) >= 11 is 1.63. The Morgan fingerprint density at radius 1 is 1.19 bits per heavy atom. The van der Waals surface area contributed by atoms with Gasteiger partial charge in [-0.25, -0.2) is 4.98 Å². The van der Waals surface area contributed by atoms with Gasteiger partial charge >= 0.3 is 0 Å². The van der Waals surface area contributed by atoms with Gasteiger partial charge in [0.1, 0.15) is 0 Å². The molecule has 1 N–H and O–H groups in total. The third-order valence-corrected chi connectivity index (χ3v) is 5.70. The molecule has 1 saturated carbocycles. The van der Waals surface area contributed by atoms with E-state index in [1.807, 2.05) is 16.0 Å². The zero-order chi connectivity index (χ0) is 14.2. The van der Waals surface area contributed by atoms with Crippen LogP contribution in [0.2, 0.25) is 0 Å². The van der Waals surface area contributed by atoms with E-state index in [-0.39, 0.29) is 6.61 Å². The van der Waals surface area contributed by atoms with E-state index in [1.54, 1.807) is 11.3 Å². The molecule has 2 aromatic rings. The summed E-state index contributed by atoms with van der Waals surface area (Å²) in [5.74, 6) is 0.982. The molecule has 0 amide bonds. The monoisotopic (exact) mass is 306 g/mol. The molecule has 2 aliphatic rings. The number of thiazole rings is 1. The van der Waals surface area contributed by atoms with E-state index >= 15 is 0 Å². The van der Waals surface area contributed by atoms with Crippen molar-refractivity contribution in [1.82, 2.24) is 14.3 Å². The third-order valence-electron chi connectivity index (χ3n) is 4.94. The van der Waals surface area contributed by atoms with Crippen LogP contribution < -0.4 is 4.90 Å². The lowest BCUT2D eigenvalue weighted by molar-refractivity contribution is 0.187. The van der Waals surface area contributed by atoms with Crippen molar-refractivity contribution in [2.45, 2.75) is 38.3 Å². The van der Waals surface area contributed by atoms with Gasteiger partial charge in [0.2, 0.25) is 0 Å². The number of rotatable bonds is 3. The molecule has 0 unspecified atom stereocenters. The van der Waals surface area contributed by atoms with Crippen LogP contribution in [-0.4, -0.2) is 51.6 Å². The van der Waals surface area contributed by atoms with Gasteiger partial charge in [0.05, 0.1) is 12.3 Å². The normalized spacial score (nSPS) is 21.7. The molecule has 2 aromatic heterocycles. The lowest BCUT2D eigenvalue weighted by atomic mass is 10.2. The first-order valence-electron chi connectivity index (χ1n) is 7.91. The number of hydrogen-bond donors (Lipinski definition) is 1. The van der Waals surface area contributed by atoms with Crippen molar-refractivity contribution < 1.29 is 5.11 Å². The van der Waals surface area contributed by atoms with Gasteiger partial charge in [-0.05, 0) is 12.8 Å². The summed E-state index contributed by atoms with van der Waals surface area (Å²) in [5.41, 5.74) is 0.931. The number of anilines is 1. The molecule has 21 heavy (non-hydrogen) atoms. The van der Waals surface area contributed by atoms with Gasteiger partial charge in [-0.3, -0.25) is 9.30 Å². The predicted molar refractivity (Wildman–Crippen MR) is 85.0 cm³/mol. The van der Waals surface area contributed by atoms with Crippen LogP contribution in [0.4, 0.5) is 5.82 Å². The van der Waals surface area contributed by atoms with Crippen LogP contribution in [0, 0.1) is 0 Å². The highest BCUT2D eigenvalue weighted by Gasteiger charge is 2.28. The summed E-state index contributed by atoms with van der Waals surface area (Å²) in [5, 5.41) is 11.7. The Morgan fingerprint density at radius 2 is 1.95 bits per heavy atom. The van der Waals surface area contributed by atoms with E-state index < -0.39 is 0 Å². The number of piperazine rings is 1. The number of aliphatic hydroxyl groups excluding tert-OH is 1. The molecule has 0 atom stereocenters. The fourth-order valence-electron chi connectivity index (χ4n) is 3.79. The molecule has 5 nitrogen and oxygen atoms in total. The first-order chi connectivity index (χ1) is 10.4. The van der Waals surface area contributed by atoms with Crippen molar-refractivity contribution in [2.75, 3.05) is 31.1 Å². The number of nitrogens with zero attached hydrogens (tertiary/aromatic N) is 4. The number of imidazole rings is 1. The second-order valence-electron chi connectivity index (χ2n) is 6.06. The van der Waals surface area contributed by atoms with Crippen LogP contribution in [0.5, 0.6) is 0 Å². The highest BCUT2D eigenvalue weighted by atomic mass is 32.1. The summed E-state index contributed by atoms with van der Waals surface area (Å²) in [6.45, 7) is 4.35. The molecule has 0 bridgehead atoms. The van der Waals surface area contributed by atoms with E-state index in [0.29, 0.717) is 0 Å². The molecule has 0 aromatic carbocycles. The molecule has 3 heterocycles. The SMILES string of the molecule is OCc1c(N2CCN(C3CCCC3)CC2)nc2sccn12. The van der Waals surface area contributed by atoms with Crippen LogP contribution in [0.25, 0.3) is 4.96 Å². The molecule has 2 fully saturated rings. The van der Waals surface area contributed by atoms with Gasteiger partial charge in [0.15, 0.2) is 10.8 Å². The third kappa shape index (κ3) is 2.35. The molecule has 114 valence electrons. The summed E-state index contributed by atoms with van der Waals surface area (Å²) in [6.07, 6.45) is 7.55. The lowest BCUT2D eigenvalue weighted by Gasteiger charge is -2.38. The van der Waals surface area contributed by atoms with Gasteiger partial charge in [0.25, 0.3) is 0 Å². The summed E-state index contributed by atoms with van der Waals surface area (Å²) in [6, 6.07) is 0.815.